The predicted molar refractivity (Wildman–Crippen MR) is 56.6 cm³/mol. The first kappa shape index (κ1) is 13.3. The molecule has 0 atom stereocenters. The van der Waals surface area contributed by atoms with E-state index in [4.69, 9.17) is 10.8 Å². The molecule has 18 heavy (non-hydrogen) atoms. The van der Waals surface area contributed by atoms with Crippen molar-refractivity contribution in [3.05, 3.63) is 27.9 Å². The van der Waals surface area contributed by atoms with Gasteiger partial charge in [0, 0.05) is 6.07 Å². The Hall–Kier alpha value is -2.75. The van der Waals surface area contributed by atoms with Crippen molar-refractivity contribution in [3.8, 4) is 0 Å². The lowest BCUT2D eigenvalue weighted by Gasteiger charge is -2.07. The van der Waals surface area contributed by atoms with Crippen LogP contribution in [0.3, 0.4) is 0 Å². The lowest BCUT2D eigenvalue weighted by molar-refractivity contribution is -0.385. The Bertz CT molecular complexity index is 502. The highest BCUT2D eigenvalue weighted by atomic mass is 16.7. The molecule has 96 valence electrons. The number of carboxylic acid groups (broad SMARTS) is 1. The van der Waals surface area contributed by atoms with Crippen LogP contribution in [0.2, 0.25) is 0 Å². The lowest BCUT2D eigenvalue weighted by atomic mass is 10.2. The number of anilines is 1. The topological polar surface area (TPSA) is 158 Å². The number of rotatable bonds is 6. The summed E-state index contributed by atoms with van der Waals surface area (Å²) in [7, 11) is 0. The number of hydrogen-bond acceptors (Lipinski definition) is 7. The van der Waals surface area contributed by atoms with Gasteiger partial charge < -0.3 is 10.8 Å². The number of carboxylic acids is 1. The number of aromatic nitrogens is 1. The molecule has 0 aliphatic carbocycles. The molecule has 0 unspecified atom stereocenters. The molecule has 0 aromatic carbocycles. The van der Waals surface area contributed by atoms with E-state index in [1.165, 1.54) is 0 Å². The SMILES string of the molecule is NC(=O)c1cc([N+](=O)[O-])cnc1NOCC(=O)O. The van der Waals surface area contributed by atoms with Gasteiger partial charge in [0.1, 0.15) is 6.20 Å². The Balaban J connectivity index is 2.93. The maximum Gasteiger partial charge on any atom is 0.332 e. The van der Waals surface area contributed by atoms with Gasteiger partial charge in [0.15, 0.2) is 12.4 Å². The molecule has 1 aromatic rings. The Morgan fingerprint density at radius 3 is 2.78 bits per heavy atom. The molecule has 0 aliphatic heterocycles. The molecule has 0 spiro atoms. The average molecular weight is 256 g/mol. The van der Waals surface area contributed by atoms with E-state index in [1.54, 1.807) is 0 Å². The fourth-order valence-corrected chi connectivity index (χ4v) is 0.989. The third-order valence-electron chi connectivity index (χ3n) is 1.71. The number of aliphatic carboxylic acids is 1. The van der Waals surface area contributed by atoms with Crippen molar-refractivity contribution in [1.29, 1.82) is 0 Å². The predicted octanol–water partition coefficient (Wildman–Crippen LogP) is -0.483. The minimum Gasteiger partial charge on any atom is -0.479 e. The number of nitrogens with zero attached hydrogens (tertiary/aromatic N) is 2. The molecular formula is C8H8N4O6. The lowest BCUT2D eigenvalue weighted by Crippen LogP contribution is -2.18. The van der Waals surface area contributed by atoms with E-state index >= 15 is 0 Å². The second-order valence-corrected chi connectivity index (χ2v) is 3.00. The zero-order valence-electron chi connectivity index (χ0n) is 8.82. The van der Waals surface area contributed by atoms with Crippen LogP contribution in [0.4, 0.5) is 11.5 Å². The van der Waals surface area contributed by atoms with Gasteiger partial charge >= 0.3 is 5.97 Å². The smallest absolute Gasteiger partial charge is 0.332 e. The molecule has 1 rings (SSSR count). The number of amides is 1. The van der Waals surface area contributed by atoms with Crippen LogP contribution in [0.5, 0.6) is 0 Å². The summed E-state index contributed by atoms with van der Waals surface area (Å²) in [6.07, 6.45) is 0.874. The highest BCUT2D eigenvalue weighted by Crippen LogP contribution is 2.18. The fraction of sp³-hybridized carbons (Fsp3) is 0.125. The van der Waals surface area contributed by atoms with Crippen molar-refractivity contribution in [3.63, 3.8) is 0 Å². The molecule has 1 amide bonds. The van der Waals surface area contributed by atoms with Crippen LogP contribution in [-0.2, 0) is 9.63 Å². The summed E-state index contributed by atoms with van der Waals surface area (Å²) in [5, 5.41) is 18.8. The molecule has 0 fully saturated rings. The summed E-state index contributed by atoms with van der Waals surface area (Å²) < 4.78 is 0. The van der Waals surface area contributed by atoms with E-state index in [9.17, 15) is 19.7 Å². The van der Waals surface area contributed by atoms with Crippen LogP contribution in [0.25, 0.3) is 0 Å². The van der Waals surface area contributed by atoms with Gasteiger partial charge in [-0.1, -0.05) is 0 Å². The molecule has 10 heteroatoms. The number of carbonyl (C=O) groups is 2. The summed E-state index contributed by atoms with van der Waals surface area (Å²) in [4.78, 5) is 39.0. The van der Waals surface area contributed by atoms with Gasteiger partial charge in [0.05, 0.1) is 10.5 Å². The maximum atomic E-state index is 11.0. The number of hydrogen-bond donors (Lipinski definition) is 3. The molecule has 1 heterocycles. The molecule has 1 aromatic heterocycles. The van der Waals surface area contributed by atoms with E-state index in [0.29, 0.717) is 0 Å². The Morgan fingerprint density at radius 2 is 2.28 bits per heavy atom. The van der Waals surface area contributed by atoms with E-state index in [-0.39, 0.29) is 11.4 Å². The quantitative estimate of drug-likeness (QED) is 0.454. The van der Waals surface area contributed by atoms with E-state index < -0.39 is 29.1 Å². The largest absolute Gasteiger partial charge is 0.479 e. The minimum absolute atomic E-state index is 0.200. The minimum atomic E-state index is -1.25. The third kappa shape index (κ3) is 3.38. The molecule has 0 saturated heterocycles. The molecular weight excluding hydrogens is 248 g/mol. The van der Waals surface area contributed by atoms with Crippen molar-refractivity contribution in [2.75, 3.05) is 12.1 Å². The first-order valence-electron chi connectivity index (χ1n) is 4.45. The second-order valence-electron chi connectivity index (χ2n) is 3.00. The second kappa shape index (κ2) is 5.54. The third-order valence-corrected chi connectivity index (χ3v) is 1.71. The Labute approximate surface area is 99.5 Å². The van der Waals surface area contributed by atoms with Crippen LogP contribution >= 0.6 is 0 Å². The molecule has 0 radical (unpaired) electrons. The van der Waals surface area contributed by atoms with Crippen molar-refractivity contribution in [2.24, 2.45) is 5.73 Å². The number of carbonyl (C=O) groups excluding carboxylic acids is 1. The highest BCUT2D eigenvalue weighted by Gasteiger charge is 2.16. The van der Waals surface area contributed by atoms with Gasteiger partial charge in [-0.05, 0) is 0 Å². The van der Waals surface area contributed by atoms with Gasteiger partial charge in [0.2, 0.25) is 0 Å². The molecule has 0 bridgehead atoms. The van der Waals surface area contributed by atoms with Gasteiger partial charge in [0.25, 0.3) is 11.6 Å². The van der Waals surface area contributed by atoms with Gasteiger partial charge in [-0.25, -0.2) is 15.3 Å². The van der Waals surface area contributed by atoms with Crippen LogP contribution in [-0.4, -0.2) is 33.5 Å². The standard InChI is InChI=1S/C8H8N4O6/c9-7(15)5-1-4(12(16)17)2-10-8(5)11-18-3-6(13)14/h1-2H,3H2,(H2,9,15)(H,10,11)(H,13,14). The monoisotopic (exact) mass is 256 g/mol. The summed E-state index contributed by atoms with van der Waals surface area (Å²) in [6.45, 7) is -0.684. The van der Waals surface area contributed by atoms with Gasteiger partial charge in [-0.3, -0.25) is 19.7 Å². The van der Waals surface area contributed by atoms with Crippen molar-refractivity contribution < 1.29 is 24.5 Å². The summed E-state index contributed by atoms with van der Waals surface area (Å²) in [6, 6.07) is 0.905. The molecule has 10 nitrogen and oxygen atoms in total. The zero-order chi connectivity index (χ0) is 13.7. The molecule has 0 saturated carbocycles. The zero-order valence-corrected chi connectivity index (χ0v) is 8.82. The number of nitro groups is 1. The van der Waals surface area contributed by atoms with E-state index in [0.717, 1.165) is 12.3 Å². The average Bonchev–Trinajstić information content (AvgIpc) is 2.28. The van der Waals surface area contributed by atoms with Crippen LogP contribution in [0, 0.1) is 10.1 Å². The van der Waals surface area contributed by atoms with E-state index in [1.807, 2.05) is 0 Å². The number of pyridine rings is 1. The first-order chi connectivity index (χ1) is 8.41. The van der Waals surface area contributed by atoms with Crippen molar-refractivity contribution in [1.82, 2.24) is 4.98 Å². The molecule has 0 aliphatic rings. The number of nitrogens with two attached hydrogens (primary N) is 1. The summed E-state index contributed by atoms with van der Waals surface area (Å²) >= 11 is 0. The van der Waals surface area contributed by atoms with Crippen molar-refractivity contribution in [2.45, 2.75) is 0 Å². The van der Waals surface area contributed by atoms with Crippen LogP contribution in [0.15, 0.2) is 12.3 Å². The summed E-state index contributed by atoms with van der Waals surface area (Å²) in [5.74, 6) is -2.41. The Kier molecular flexibility index (Phi) is 4.10. The fourth-order valence-electron chi connectivity index (χ4n) is 0.989. The van der Waals surface area contributed by atoms with E-state index in [2.05, 4.69) is 15.3 Å². The highest BCUT2D eigenvalue weighted by molar-refractivity contribution is 5.98. The number of nitrogens with one attached hydrogen (secondary N) is 1. The summed E-state index contributed by atoms with van der Waals surface area (Å²) in [5.41, 5.74) is 6.37. The molecule has 4 N–H and O–H groups in total. The normalized spacial score (nSPS) is 9.78. The first-order valence-corrected chi connectivity index (χ1v) is 4.45. The van der Waals surface area contributed by atoms with Crippen LogP contribution in [0.1, 0.15) is 10.4 Å². The number of primary amides is 1. The van der Waals surface area contributed by atoms with Crippen molar-refractivity contribution >= 4 is 23.4 Å². The van der Waals surface area contributed by atoms with Gasteiger partial charge in [-0.2, -0.15) is 0 Å². The van der Waals surface area contributed by atoms with Gasteiger partial charge in [-0.15, -0.1) is 0 Å². The Morgan fingerprint density at radius 1 is 1.61 bits per heavy atom. The van der Waals surface area contributed by atoms with Crippen LogP contribution < -0.4 is 11.2 Å². The maximum absolute atomic E-state index is 11.0.